The second-order valence-corrected chi connectivity index (χ2v) is 6.64. The normalized spacial score (nSPS) is 26.3. The highest BCUT2D eigenvalue weighted by atomic mass is 16.2. The van der Waals surface area contributed by atoms with Crippen LogP contribution in [-0.4, -0.2) is 47.9 Å². The third-order valence-corrected chi connectivity index (χ3v) is 5.06. The third-order valence-electron chi connectivity index (χ3n) is 5.06. The first-order valence-electron chi connectivity index (χ1n) is 8.54. The lowest BCUT2D eigenvalue weighted by atomic mass is 10.00. The van der Waals surface area contributed by atoms with Crippen LogP contribution in [0.2, 0.25) is 0 Å². The summed E-state index contributed by atoms with van der Waals surface area (Å²) in [6.07, 6.45) is 4.42. The summed E-state index contributed by atoms with van der Waals surface area (Å²) in [5.74, 6) is 0.821. The fraction of sp³-hybridized carbons (Fsp3) is 0.611. The molecule has 2 aliphatic rings. The molecule has 0 radical (unpaired) electrons. The summed E-state index contributed by atoms with van der Waals surface area (Å²) in [6, 6.07) is 10.5. The van der Waals surface area contributed by atoms with Crippen molar-refractivity contribution in [2.24, 2.45) is 11.7 Å². The molecule has 3 rings (SSSR count). The van der Waals surface area contributed by atoms with E-state index in [0.29, 0.717) is 18.4 Å². The van der Waals surface area contributed by atoms with E-state index in [2.05, 4.69) is 29.2 Å². The number of hydrogen-bond acceptors (Lipinski definition) is 3. The summed E-state index contributed by atoms with van der Waals surface area (Å²) in [5.41, 5.74) is 7.05. The Kier molecular flexibility index (Phi) is 5.11. The molecular weight excluding hydrogens is 274 g/mol. The van der Waals surface area contributed by atoms with Gasteiger partial charge in [-0.15, -0.1) is 0 Å². The van der Waals surface area contributed by atoms with Gasteiger partial charge in [-0.1, -0.05) is 36.8 Å². The maximum Gasteiger partial charge on any atom is 0.239 e. The average Bonchev–Trinajstić information content (AvgIpc) is 3.05. The van der Waals surface area contributed by atoms with Crippen LogP contribution in [0.3, 0.4) is 0 Å². The summed E-state index contributed by atoms with van der Waals surface area (Å²) < 4.78 is 0. The van der Waals surface area contributed by atoms with Crippen LogP contribution in [0.25, 0.3) is 0 Å². The monoisotopic (exact) mass is 301 g/mol. The molecule has 2 aliphatic heterocycles. The van der Waals surface area contributed by atoms with E-state index < -0.39 is 0 Å². The maximum atomic E-state index is 12.9. The first-order valence-corrected chi connectivity index (χ1v) is 8.54. The molecule has 0 aromatic heterocycles. The third kappa shape index (κ3) is 3.50. The van der Waals surface area contributed by atoms with Crippen molar-refractivity contribution in [3.05, 3.63) is 35.9 Å². The minimum absolute atomic E-state index is 0.0606. The van der Waals surface area contributed by atoms with E-state index in [-0.39, 0.29) is 6.04 Å². The summed E-state index contributed by atoms with van der Waals surface area (Å²) in [7, 11) is 0. The van der Waals surface area contributed by atoms with E-state index in [1.54, 1.807) is 0 Å². The van der Waals surface area contributed by atoms with Crippen molar-refractivity contribution in [2.75, 3.05) is 26.2 Å². The van der Waals surface area contributed by atoms with Gasteiger partial charge in [0.05, 0.1) is 6.04 Å². The van der Waals surface area contributed by atoms with Gasteiger partial charge in [0.25, 0.3) is 0 Å². The number of rotatable bonds is 4. The van der Waals surface area contributed by atoms with Gasteiger partial charge in [0.15, 0.2) is 0 Å². The molecule has 22 heavy (non-hydrogen) atoms. The summed E-state index contributed by atoms with van der Waals surface area (Å²) in [5, 5.41) is 0. The van der Waals surface area contributed by atoms with E-state index in [1.165, 1.54) is 12.0 Å². The average molecular weight is 301 g/mol. The van der Waals surface area contributed by atoms with Gasteiger partial charge >= 0.3 is 0 Å². The van der Waals surface area contributed by atoms with E-state index in [0.717, 1.165) is 45.4 Å². The summed E-state index contributed by atoms with van der Waals surface area (Å²) in [4.78, 5) is 17.3. The zero-order valence-corrected chi connectivity index (χ0v) is 13.3. The lowest BCUT2D eigenvalue weighted by Gasteiger charge is -2.36. The fourth-order valence-corrected chi connectivity index (χ4v) is 3.71. The molecule has 1 amide bonds. The fourth-order valence-electron chi connectivity index (χ4n) is 3.71. The number of piperidine rings is 1. The van der Waals surface area contributed by atoms with Gasteiger partial charge in [-0.3, -0.25) is 9.69 Å². The Morgan fingerprint density at radius 3 is 2.68 bits per heavy atom. The van der Waals surface area contributed by atoms with Crippen LogP contribution in [0.1, 0.15) is 31.2 Å². The highest BCUT2D eigenvalue weighted by molar-refractivity contribution is 5.82. The minimum atomic E-state index is 0.0606. The summed E-state index contributed by atoms with van der Waals surface area (Å²) >= 11 is 0. The first-order chi connectivity index (χ1) is 10.8. The second-order valence-electron chi connectivity index (χ2n) is 6.64. The van der Waals surface area contributed by atoms with Crippen LogP contribution in [0.5, 0.6) is 0 Å². The van der Waals surface area contributed by atoms with Gasteiger partial charge in [-0.25, -0.2) is 0 Å². The Labute approximate surface area is 133 Å². The predicted molar refractivity (Wildman–Crippen MR) is 88.2 cm³/mol. The predicted octanol–water partition coefficient (Wildman–Crippen LogP) is 1.85. The Hall–Kier alpha value is -1.39. The molecule has 0 saturated carbocycles. The SMILES string of the molecule is NC[C@@H]1CCN(C(=O)[C@H]2CCCCN2Cc2ccccc2)C1. The van der Waals surface area contributed by atoms with E-state index >= 15 is 0 Å². The quantitative estimate of drug-likeness (QED) is 0.923. The number of benzene rings is 1. The number of nitrogens with two attached hydrogens (primary N) is 1. The van der Waals surface area contributed by atoms with Crippen molar-refractivity contribution in [1.82, 2.24) is 9.80 Å². The standard InChI is InChI=1S/C18H27N3O/c19-12-16-9-11-21(14-16)18(22)17-8-4-5-10-20(17)13-15-6-2-1-3-7-15/h1-3,6-7,16-17H,4-5,8-14,19H2/t16-,17+/m0/s1. The van der Waals surface area contributed by atoms with Crippen molar-refractivity contribution in [1.29, 1.82) is 0 Å². The lowest BCUT2D eigenvalue weighted by molar-refractivity contribution is -0.137. The second kappa shape index (κ2) is 7.25. The van der Waals surface area contributed by atoms with Gasteiger partial charge in [-0.05, 0) is 43.8 Å². The van der Waals surface area contributed by atoms with Crippen molar-refractivity contribution in [2.45, 2.75) is 38.3 Å². The molecule has 2 fully saturated rings. The van der Waals surface area contributed by atoms with Gasteiger partial charge in [0.2, 0.25) is 5.91 Å². The molecule has 1 aromatic rings. The zero-order valence-electron chi connectivity index (χ0n) is 13.3. The topological polar surface area (TPSA) is 49.6 Å². The highest BCUT2D eigenvalue weighted by Gasteiger charge is 2.34. The zero-order chi connectivity index (χ0) is 15.4. The number of amides is 1. The van der Waals surface area contributed by atoms with Gasteiger partial charge in [-0.2, -0.15) is 0 Å². The van der Waals surface area contributed by atoms with Gasteiger partial charge in [0.1, 0.15) is 0 Å². The van der Waals surface area contributed by atoms with Gasteiger partial charge in [0, 0.05) is 19.6 Å². The molecule has 120 valence electrons. The van der Waals surface area contributed by atoms with Crippen molar-refractivity contribution < 1.29 is 4.79 Å². The van der Waals surface area contributed by atoms with Crippen LogP contribution in [0.4, 0.5) is 0 Å². The number of carbonyl (C=O) groups excluding carboxylic acids is 1. The first kappa shape index (κ1) is 15.5. The largest absolute Gasteiger partial charge is 0.341 e. The smallest absolute Gasteiger partial charge is 0.239 e. The molecule has 4 heteroatoms. The van der Waals surface area contributed by atoms with E-state index in [4.69, 9.17) is 5.73 Å². The Morgan fingerprint density at radius 2 is 1.95 bits per heavy atom. The van der Waals surface area contributed by atoms with Crippen molar-refractivity contribution >= 4 is 5.91 Å². The van der Waals surface area contributed by atoms with Crippen molar-refractivity contribution in [3.63, 3.8) is 0 Å². The highest BCUT2D eigenvalue weighted by Crippen LogP contribution is 2.24. The van der Waals surface area contributed by atoms with Crippen LogP contribution in [-0.2, 0) is 11.3 Å². The Balaban J connectivity index is 1.66. The van der Waals surface area contributed by atoms with Crippen LogP contribution in [0, 0.1) is 5.92 Å². The number of likely N-dealkylation sites (tertiary alicyclic amines) is 2. The molecule has 0 spiro atoms. The van der Waals surface area contributed by atoms with Crippen LogP contribution < -0.4 is 5.73 Å². The van der Waals surface area contributed by atoms with Crippen LogP contribution >= 0.6 is 0 Å². The Bertz CT molecular complexity index is 490. The number of hydrogen-bond donors (Lipinski definition) is 1. The maximum absolute atomic E-state index is 12.9. The molecule has 2 heterocycles. The molecule has 2 saturated heterocycles. The van der Waals surface area contributed by atoms with Crippen molar-refractivity contribution in [3.8, 4) is 0 Å². The number of carbonyl (C=O) groups is 1. The molecule has 4 nitrogen and oxygen atoms in total. The minimum Gasteiger partial charge on any atom is -0.341 e. The molecular formula is C18H27N3O. The molecule has 1 aromatic carbocycles. The molecule has 0 aliphatic carbocycles. The molecule has 0 unspecified atom stereocenters. The van der Waals surface area contributed by atoms with Gasteiger partial charge < -0.3 is 10.6 Å². The van der Waals surface area contributed by atoms with Crippen LogP contribution in [0.15, 0.2) is 30.3 Å². The lowest BCUT2D eigenvalue weighted by Crippen LogP contribution is -2.50. The van der Waals surface area contributed by atoms with E-state index in [9.17, 15) is 4.79 Å². The summed E-state index contributed by atoms with van der Waals surface area (Å²) in [6.45, 7) is 4.34. The molecule has 0 bridgehead atoms. The number of nitrogens with zero attached hydrogens (tertiary/aromatic N) is 2. The Morgan fingerprint density at radius 1 is 1.14 bits per heavy atom. The molecule has 2 atom stereocenters. The van der Waals surface area contributed by atoms with E-state index in [1.807, 2.05) is 11.0 Å². The molecule has 2 N–H and O–H groups in total.